The van der Waals surface area contributed by atoms with E-state index in [0.717, 1.165) is 17.0 Å². The maximum absolute atomic E-state index is 13.6. The molecule has 0 aliphatic carbocycles. The highest BCUT2D eigenvalue weighted by molar-refractivity contribution is 6.36. The zero-order valence-electron chi connectivity index (χ0n) is 20.7. The smallest absolute Gasteiger partial charge is 0.416 e. The van der Waals surface area contributed by atoms with Crippen molar-refractivity contribution in [3.8, 4) is 17.2 Å². The summed E-state index contributed by atoms with van der Waals surface area (Å²) in [4.78, 5) is 27.5. The van der Waals surface area contributed by atoms with Gasteiger partial charge in [0.2, 0.25) is 0 Å². The SMILES string of the molecule is COc1cc(N2C(=O)c3ccccc3C2=O)c2c(c(C)cc(CCO)[n+]2[O-])c1Oc1cccc(C(F)(F)F)c1. The van der Waals surface area contributed by atoms with Crippen molar-refractivity contribution in [2.45, 2.75) is 19.5 Å². The standard InChI is InChI=1S/C28H21F3N2O6/c1-15-12-17(10-11-34)33(37)24-21(32-26(35)19-8-3-4-9-20(19)27(32)36)14-22(38-2)25(23(15)24)39-18-7-5-6-16(13-18)28(29,30)31/h3-9,12-14,34H,10-11H2,1-2H3. The molecule has 1 aromatic heterocycles. The molecule has 0 saturated carbocycles. The van der Waals surface area contributed by atoms with E-state index < -0.39 is 23.6 Å². The van der Waals surface area contributed by atoms with Gasteiger partial charge in [0.05, 0.1) is 42.2 Å². The number of halogens is 3. The van der Waals surface area contributed by atoms with E-state index in [4.69, 9.17) is 9.47 Å². The van der Waals surface area contributed by atoms with Crippen LogP contribution < -0.4 is 19.1 Å². The monoisotopic (exact) mass is 538 g/mol. The molecule has 0 fully saturated rings. The van der Waals surface area contributed by atoms with Gasteiger partial charge in [0.1, 0.15) is 11.4 Å². The van der Waals surface area contributed by atoms with Crippen LogP contribution in [0.5, 0.6) is 17.2 Å². The average molecular weight is 538 g/mol. The van der Waals surface area contributed by atoms with E-state index in [2.05, 4.69) is 0 Å². The first-order valence-electron chi connectivity index (χ1n) is 11.8. The fourth-order valence-corrected chi connectivity index (χ4v) is 4.69. The van der Waals surface area contributed by atoms with Crippen molar-refractivity contribution in [1.29, 1.82) is 0 Å². The lowest BCUT2D eigenvalue weighted by Gasteiger charge is -2.22. The fraction of sp³-hybridized carbons (Fsp3) is 0.179. The van der Waals surface area contributed by atoms with Gasteiger partial charge in [-0.15, -0.1) is 0 Å². The number of amides is 2. The molecule has 0 saturated heterocycles. The predicted octanol–water partition coefficient (Wildman–Crippen LogP) is 4.94. The summed E-state index contributed by atoms with van der Waals surface area (Å²) in [6.07, 6.45) is -4.65. The lowest BCUT2D eigenvalue weighted by Crippen LogP contribution is -2.38. The Morgan fingerprint density at radius 2 is 1.67 bits per heavy atom. The van der Waals surface area contributed by atoms with E-state index in [9.17, 15) is 33.1 Å². The summed E-state index contributed by atoms with van der Waals surface area (Å²) in [7, 11) is 1.28. The maximum atomic E-state index is 13.6. The van der Waals surface area contributed by atoms with E-state index >= 15 is 0 Å². The van der Waals surface area contributed by atoms with Gasteiger partial charge >= 0.3 is 6.18 Å². The van der Waals surface area contributed by atoms with Crippen LogP contribution in [0.2, 0.25) is 0 Å². The highest BCUT2D eigenvalue weighted by Crippen LogP contribution is 2.46. The number of carbonyl (C=O) groups is 2. The van der Waals surface area contributed by atoms with E-state index in [-0.39, 0.29) is 63.7 Å². The number of pyridine rings is 1. The quantitative estimate of drug-likeness (QED) is 0.212. The Balaban J connectivity index is 1.79. The van der Waals surface area contributed by atoms with Crippen molar-refractivity contribution in [1.82, 2.24) is 0 Å². The number of carbonyl (C=O) groups excluding carboxylic acids is 2. The number of ether oxygens (including phenoxy) is 2. The summed E-state index contributed by atoms with van der Waals surface area (Å²) in [6.45, 7) is 1.28. The van der Waals surface area contributed by atoms with Crippen molar-refractivity contribution in [2.75, 3.05) is 18.6 Å². The topological polar surface area (TPSA) is 103 Å². The van der Waals surface area contributed by atoms with Crippen LogP contribution in [0.1, 0.15) is 37.5 Å². The van der Waals surface area contributed by atoms with Crippen molar-refractivity contribution in [2.24, 2.45) is 0 Å². The molecule has 0 bridgehead atoms. The second kappa shape index (κ2) is 9.59. The molecule has 1 aliphatic heterocycles. The molecule has 2 heterocycles. The van der Waals surface area contributed by atoms with Crippen LogP contribution in [0, 0.1) is 12.1 Å². The Labute approximate surface area is 220 Å². The third-order valence-corrected chi connectivity index (χ3v) is 6.44. The third-order valence-electron chi connectivity index (χ3n) is 6.44. The number of rotatable bonds is 6. The minimum atomic E-state index is -4.62. The Hall–Kier alpha value is -4.64. The molecule has 11 heteroatoms. The normalized spacial score (nSPS) is 13.2. The van der Waals surface area contributed by atoms with Crippen molar-refractivity contribution in [3.05, 3.63) is 93.8 Å². The minimum Gasteiger partial charge on any atom is -0.618 e. The van der Waals surface area contributed by atoms with E-state index in [0.29, 0.717) is 10.3 Å². The van der Waals surface area contributed by atoms with E-state index in [1.54, 1.807) is 19.1 Å². The lowest BCUT2D eigenvalue weighted by atomic mass is 10.0. The summed E-state index contributed by atoms with van der Waals surface area (Å²) in [5.74, 6) is -1.59. The first-order valence-corrected chi connectivity index (χ1v) is 11.8. The largest absolute Gasteiger partial charge is 0.618 e. The zero-order valence-corrected chi connectivity index (χ0v) is 20.7. The van der Waals surface area contributed by atoms with Crippen LogP contribution in [-0.4, -0.2) is 30.6 Å². The summed E-state index contributed by atoms with van der Waals surface area (Å²) < 4.78 is 51.9. The summed E-state index contributed by atoms with van der Waals surface area (Å²) in [6, 6.07) is 13.2. The van der Waals surface area contributed by atoms with Gasteiger partial charge in [-0.2, -0.15) is 17.9 Å². The third kappa shape index (κ3) is 4.30. The molecule has 1 N–H and O–H groups in total. The zero-order chi connectivity index (χ0) is 28.1. The molecular weight excluding hydrogens is 517 g/mol. The molecule has 1 aliphatic rings. The molecule has 5 rings (SSSR count). The highest BCUT2D eigenvalue weighted by atomic mass is 19.4. The van der Waals surface area contributed by atoms with Gasteiger partial charge in [0, 0.05) is 12.1 Å². The van der Waals surface area contributed by atoms with Crippen molar-refractivity contribution >= 4 is 28.4 Å². The van der Waals surface area contributed by atoms with Gasteiger partial charge in [-0.3, -0.25) is 9.59 Å². The van der Waals surface area contributed by atoms with E-state index in [1.807, 2.05) is 0 Å². The summed E-state index contributed by atoms with van der Waals surface area (Å²) in [5.41, 5.74) is -0.279. The average Bonchev–Trinajstić information content (AvgIpc) is 3.16. The second-order valence-corrected chi connectivity index (χ2v) is 8.86. The van der Waals surface area contributed by atoms with Gasteiger partial charge in [-0.25, -0.2) is 4.90 Å². The van der Waals surface area contributed by atoms with Crippen LogP contribution in [0.3, 0.4) is 0 Å². The first-order chi connectivity index (χ1) is 18.6. The van der Waals surface area contributed by atoms with Gasteiger partial charge in [0.25, 0.3) is 17.3 Å². The molecule has 0 unspecified atom stereocenters. The second-order valence-electron chi connectivity index (χ2n) is 8.86. The Bertz CT molecular complexity index is 1620. The van der Waals surface area contributed by atoms with Gasteiger partial charge in [-0.1, -0.05) is 18.2 Å². The van der Waals surface area contributed by atoms with Crippen LogP contribution in [0.4, 0.5) is 18.9 Å². The molecule has 0 atom stereocenters. The number of aromatic nitrogens is 1. The number of alkyl halides is 3. The number of nitrogens with zero attached hydrogens (tertiary/aromatic N) is 2. The van der Waals surface area contributed by atoms with Crippen molar-refractivity contribution in [3.63, 3.8) is 0 Å². The fourth-order valence-electron chi connectivity index (χ4n) is 4.69. The number of hydrogen-bond acceptors (Lipinski definition) is 6. The molecule has 200 valence electrons. The number of aliphatic hydroxyl groups excluding tert-OH is 1. The lowest BCUT2D eigenvalue weighted by molar-refractivity contribution is -0.585. The molecule has 0 radical (unpaired) electrons. The Kier molecular flexibility index (Phi) is 6.39. The minimum absolute atomic E-state index is 0.0236. The molecule has 4 aromatic rings. The van der Waals surface area contributed by atoms with Gasteiger partial charge in [-0.05, 0) is 42.8 Å². The highest BCUT2D eigenvalue weighted by Gasteiger charge is 2.40. The molecule has 2 amide bonds. The summed E-state index contributed by atoms with van der Waals surface area (Å²) in [5, 5.41) is 23.3. The number of aryl methyl sites for hydroxylation is 1. The van der Waals surface area contributed by atoms with Gasteiger partial charge in [0.15, 0.2) is 17.2 Å². The van der Waals surface area contributed by atoms with E-state index in [1.165, 1.54) is 43.5 Å². The molecule has 3 aromatic carbocycles. The number of hydrogen-bond donors (Lipinski definition) is 1. The Morgan fingerprint density at radius 1 is 1.00 bits per heavy atom. The van der Waals surface area contributed by atoms with Crippen LogP contribution in [0.25, 0.3) is 10.9 Å². The number of benzene rings is 3. The van der Waals surface area contributed by atoms with Crippen LogP contribution in [-0.2, 0) is 12.6 Å². The molecule has 39 heavy (non-hydrogen) atoms. The number of imide groups is 1. The number of anilines is 1. The van der Waals surface area contributed by atoms with Gasteiger partial charge < -0.3 is 19.8 Å². The first kappa shape index (κ1) is 26.0. The van der Waals surface area contributed by atoms with Crippen LogP contribution >= 0.6 is 0 Å². The summed E-state index contributed by atoms with van der Waals surface area (Å²) >= 11 is 0. The number of aliphatic hydroxyl groups is 1. The molecule has 0 spiro atoms. The molecule has 8 nitrogen and oxygen atoms in total. The van der Waals surface area contributed by atoms with Crippen molar-refractivity contribution < 1.29 is 42.1 Å². The number of methoxy groups -OCH3 is 1. The Morgan fingerprint density at radius 3 is 2.26 bits per heavy atom. The van der Waals surface area contributed by atoms with Crippen LogP contribution in [0.15, 0.2) is 60.7 Å². The molecular formula is C28H21F3N2O6. The predicted molar refractivity (Wildman–Crippen MR) is 134 cm³/mol. The number of fused-ring (bicyclic) bond motifs is 2. The maximum Gasteiger partial charge on any atom is 0.416 e.